The van der Waals surface area contributed by atoms with Gasteiger partial charge in [-0.2, -0.15) is 5.26 Å². The number of ether oxygens (including phenoxy) is 1. The molecule has 0 radical (unpaired) electrons. The summed E-state index contributed by atoms with van der Waals surface area (Å²) in [4.78, 5) is 28.0. The second-order valence-corrected chi connectivity index (χ2v) is 17.5. The molecule has 0 aliphatic rings. The van der Waals surface area contributed by atoms with E-state index in [2.05, 4.69) is 59.9 Å². The van der Waals surface area contributed by atoms with Gasteiger partial charge < -0.3 is 15.0 Å². The smallest absolute Gasteiger partial charge is 0.226 e. The van der Waals surface area contributed by atoms with Gasteiger partial charge in [0.25, 0.3) is 0 Å². The van der Waals surface area contributed by atoms with Gasteiger partial charge >= 0.3 is 0 Å². The lowest BCUT2D eigenvalue weighted by atomic mass is 9.60. The summed E-state index contributed by atoms with van der Waals surface area (Å²) >= 11 is 8.75. The molecule has 9 heteroatoms. The Balaban J connectivity index is 5.57. The molecular weight excluding hydrogens is 559 g/mol. The predicted molar refractivity (Wildman–Crippen MR) is 178 cm³/mol. The molecule has 0 saturated carbocycles. The molecule has 0 aliphatic heterocycles. The van der Waals surface area contributed by atoms with E-state index in [9.17, 15) is 14.9 Å². The van der Waals surface area contributed by atoms with Crippen LogP contribution in [0.3, 0.4) is 0 Å². The van der Waals surface area contributed by atoms with Crippen molar-refractivity contribution in [3.8, 4) is 6.07 Å². The Morgan fingerprint density at radius 1 is 1.05 bits per heavy atom. The van der Waals surface area contributed by atoms with Crippen LogP contribution in [0.1, 0.15) is 115 Å². The molecule has 0 aliphatic carbocycles. The second-order valence-electron chi connectivity index (χ2n) is 13.4. The molecule has 0 saturated heterocycles. The van der Waals surface area contributed by atoms with Crippen LogP contribution in [0.25, 0.3) is 0 Å². The number of nitrogens with zero attached hydrogens (tertiary/aromatic N) is 2. The van der Waals surface area contributed by atoms with E-state index in [-0.39, 0.29) is 41.9 Å². The molecular formula is C31H57N3O3S3. The first-order valence-corrected chi connectivity index (χ1v) is 16.8. The first-order valence-electron chi connectivity index (χ1n) is 14.6. The summed E-state index contributed by atoms with van der Waals surface area (Å²) in [6, 6.07) is 2.47. The van der Waals surface area contributed by atoms with Crippen molar-refractivity contribution in [1.82, 2.24) is 10.2 Å². The number of rotatable bonds is 17. The Kier molecular flexibility index (Phi) is 16.4. The van der Waals surface area contributed by atoms with Crippen LogP contribution < -0.4 is 5.32 Å². The summed E-state index contributed by atoms with van der Waals surface area (Å²) in [7, 11) is 3.54. The van der Waals surface area contributed by atoms with Crippen molar-refractivity contribution in [3.63, 3.8) is 0 Å². The van der Waals surface area contributed by atoms with Crippen molar-refractivity contribution in [2.45, 2.75) is 137 Å². The van der Waals surface area contributed by atoms with Gasteiger partial charge in [0.2, 0.25) is 11.8 Å². The van der Waals surface area contributed by atoms with Gasteiger partial charge in [0.15, 0.2) is 0 Å². The summed E-state index contributed by atoms with van der Waals surface area (Å²) < 4.78 is 6.58. The number of carbonyl (C=O) groups is 2. The molecule has 2 amide bonds. The summed E-state index contributed by atoms with van der Waals surface area (Å²) in [5, 5.41) is 13.5. The summed E-state index contributed by atoms with van der Waals surface area (Å²) in [5.41, 5.74) is -1.69. The molecule has 0 aromatic heterocycles. The van der Waals surface area contributed by atoms with Crippen LogP contribution in [0.5, 0.6) is 0 Å². The molecule has 4 atom stereocenters. The largest absolute Gasteiger partial charge is 0.373 e. The van der Waals surface area contributed by atoms with E-state index < -0.39 is 15.6 Å². The molecule has 0 aromatic rings. The predicted octanol–water partition coefficient (Wildman–Crippen LogP) is 7.85. The number of amides is 2. The van der Waals surface area contributed by atoms with Gasteiger partial charge in [-0.25, -0.2) is 0 Å². The first kappa shape index (κ1) is 39.2. The van der Waals surface area contributed by atoms with E-state index in [0.717, 1.165) is 22.1 Å². The third-order valence-corrected chi connectivity index (χ3v) is 10.6. The highest BCUT2D eigenvalue weighted by Gasteiger charge is 2.48. The van der Waals surface area contributed by atoms with Gasteiger partial charge in [0.1, 0.15) is 3.53 Å². The molecule has 6 nitrogen and oxygen atoms in total. The molecule has 0 spiro atoms. The minimum absolute atomic E-state index is 0.0276. The van der Waals surface area contributed by atoms with Gasteiger partial charge in [-0.3, -0.25) is 9.59 Å². The molecule has 0 fully saturated rings. The normalized spacial score (nSPS) is 16.3. The summed E-state index contributed by atoms with van der Waals surface area (Å²) in [6.45, 7) is 22.6. The van der Waals surface area contributed by atoms with Crippen LogP contribution in [0.4, 0.5) is 0 Å². The average molecular weight is 616 g/mol. The topological polar surface area (TPSA) is 82.4 Å². The van der Waals surface area contributed by atoms with E-state index in [4.69, 9.17) is 17.0 Å². The van der Waals surface area contributed by atoms with Crippen molar-refractivity contribution in [2.75, 3.05) is 19.8 Å². The summed E-state index contributed by atoms with van der Waals surface area (Å²) in [6.07, 6.45) is 4.11. The van der Waals surface area contributed by atoms with E-state index >= 15 is 0 Å². The van der Waals surface area contributed by atoms with Crippen molar-refractivity contribution < 1.29 is 14.3 Å². The highest BCUT2D eigenvalue weighted by atomic mass is 32.2. The minimum Gasteiger partial charge on any atom is -0.373 e. The standard InChI is InChI=1S/C31H57N3O3S3/c1-14-16-23(4)37-29(7,8)19-22(3)33-25(35)17-18-31(11,21-32)28(5,6)20-24(26(36)34(12)13)30(9,10)40-27(38)39-15-2/h22-24H,14-20H2,1-13H3,(H,33,35). The molecule has 40 heavy (non-hydrogen) atoms. The zero-order valence-corrected chi connectivity index (χ0v) is 30.0. The number of nitriles is 1. The van der Waals surface area contributed by atoms with Crippen molar-refractivity contribution in [1.29, 1.82) is 5.26 Å². The third-order valence-electron chi connectivity index (χ3n) is 7.91. The monoisotopic (exact) mass is 615 g/mol. The molecule has 1 N–H and O–H groups in total. The minimum atomic E-state index is -0.810. The Morgan fingerprint density at radius 2 is 1.62 bits per heavy atom. The SMILES string of the molecule is CCCC(C)OC(C)(C)CC(C)NC(=O)CCC(C)(C#N)C(C)(C)CC(C(=O)N(C)C)C(C)(C)SC(=S)SCC. The van der Waals surface area contributed by atoms with Gasteiger partial charge in [-0.1, -0.05) is 46.3 Å². The third kappa shape index (κ3) is 13.0. The Morgan fingerprint density at radius 3 is 2.10 bits per heavy atom. The maximum absolute atomic E-state index is 13.4. The molecule has 4 unspecified atom stereocenters. The fourth-order valence-electron chi connectivity index (χ4n) is 5.21. The van der Waals surface area contributed by atoms with Gasteiger partial charge in [0, 0.05) is 31.3 Å². The maximum atomic E-state index is 13.4. The van der Waals surface area contributed by atoms with E-state index in [0.29, 0.717) is 19.3 Å². The van der Waals surface area contributed by atoms with Crippen LogP contribution in [-0.4, -0.2) is 62.6 Å². The lowest BCUT2D eigenvalue weighted by molar-refractivity contribution is -0.135. The fraction of sp³-hybridized carbons (Fsp3) is 0.871. The lowest BCUT2D eigenvalue weighted by Gasteiger charge is -2.45. The fourth-order valence-corrected chi connectivity index (χ4v) is 8.44. The second kappa shape index (κ2) is 16.7. The number of nitrogens with one attached hydrogen (secondary N) is 1. The first-order chi connectivity index (χ1) is 18.2. The van der Waals surface area contributed by atoms with Crippen LogP contribution >= 0.6 is 35.7 Å². The maximum Gasteiger partial charge on any atom is 0.226 e. The van der Waals surface area contributed by atoms with Crippen LogP contribution in [0.15, 0.2) is 0 Å². The quantitative estimate of drug-likeness (QED) is 0.167. The zero-order chi connectivity index (χ0) is 31.5. The Labute approximate surface area is 259 Å². The van der Waals surface area contributed by atoms with Crippen molar-refractivity contribution >= 4 is 51.1 Å². The number of thiocarbonyl (C=S) groups is 1. The van der Waals surface area contributed by atoms with Gasteiger partial charge in [-0.15, -0.1) is 23.5 Å². The highest BCUT2D eigenvalue weighted by Crippen LogP contribution is 2.50. The molecule has 0 rings (SSSR count). The lowest BCUT2D eigenvalue weighted by Crippen LogP contribution is -2.47. The van der Waals surface area contributed by atoms with E-state index in [1.165, 1.54) is 0 Å². The molecule has 0 aromatic carbocycles. The Bertz CT molecular complexity index is 883. The van der Waals surface area contributed by atoms with Gasteiger partial charge in [0.05, 0.1) is 29.1 Å². The van der Waals surface area contributed by atoms with E-state index in [1.54, 1.807) is 42.5 Å². The zero-order valence-electron chi connectivity index (χ0n) is 27.5. The van der Waals surface area contributed by atoms with Crippen molar-refractivity contribution in [3.05, 3.63) is 0 Å². The molecule has 0 heterocycles. The number of thioether (sulfide) groups is 2. The van der Waals surface area contributed by atoms with Gasteiger partial charge in [-0.05, 0) is 85.3 Å². The van der Waals surface area contributed by atoms with Crippen LogP contribution in [0, 0.1) is 28.1 Å². The molecule has 0 bridgehead atoms. The van der Waals surface area contributed by atoms with Crippen LogP contribution in [0.2, 0.25) is 0 Å². The number of carbonyl (C=O) groups excluding carboxylic acids is 2. The summed E-state index contributed by atoms with van der Waals surface area (Å²) in [5.74, 6) is 0.493. The molecule has 232 valence electrons. The van der Waals surface area contributed by atoms with Crippen molar-refractivity contribution in [2.24, 2.45) is 16.7 Å². The van der Waals surface area contributed by atoms with Crippen LogP contribution in [-0.2, 0) is 14.3 Å². The highest BCUT2D eigenvalue weighted by molar-refractivity contribution is 8.47. The Hall–Kier alpha value is -0.820. The number of hydrogen-bond acceptors (Lipinski definition) is 7. The number of hydrogen-bond donors (Lipinski definition) is 1. The average Bonchev–Trinajstić information content (AvgIpc) is 2.79. The van der Waals surface area contributed by atoms with E-state index in [1.807, 2.05) is 27.7 Å².